The number of rotatable bonds is 4. The molecule has 8 heteroatoms. The van der Waals surface area contributed by atoms with Crippen molar-refractivity contribution < 1.29 is 38.0 Å². The highest BCUT2D eigenvalue weighted by molar-refractivity contribution is 6.03. The zero-order valence-corrected chi connectivity index (χ0v) is 19.5. The van der Waals surface area contributed by atoms with Gasteiger partial charge in [-0.05, 0) is 19.4 Å². The molecule has 2 heterocycles. The van der Waals surface area contributed by atoms with Crippen LogP contribution in [0.2, 0.25) is 0 Å². The van der Waals surface area contributed by atoms with E-state index in [4.69, 9.17) is 28.4 Å². The molecular formula is C24H32O8. The molecule has 0 aromatic heterocycles. The highest BCUT2D eigenvalue weighted by Crippen LogP contribution is 2.60. The average Bonchev–Trinajstić information content (AvgIpc) is 3.11. The number of esters is 2. The first-order chi connectivity index (χ1) is 15.0. The lowest BCUT2D eigenvalue weighted by atomic mass is 9.54. The molecule has 1 aromatic carbocycles. The van der Waals surface area contributed by atoms with Crippen LogP contribution in [-0.4, -0.2) is 56.2 Å². The van der Waals surface area contributed by atoms with Crippen LogP contribution in [0.3, 0.4) is 0 Å². The SMILES string of the molecule is COC1(OC)C[C@@H](c2ccccc2)C2(C(=O)OC(C)(C)OC2=O)[C@H]([C@@H]2COC(C)(C)O2)C1. The number of carbonyl (C=O) groups is 2. The van der Waals surface area contributed by atoms with Gasteiger partial charge in [0.05, 0.1) is 12.7 Å². The molecule has 32 heavy (non-hydrogen) atoms. The second kappa shape index (κ2) is 7.80. The first-order valence-corrected chi connectivity index (χ1v) is 10.9. The van der Waals surface area contributed by atoms with Gasteiger partial charge in [-0.1, -0.05) is 30.3 Å². The van der Waals surface area contributed by atoms with Crippen LogP contribution in [0.5, 0.6) is 0 Å². The fraction of sp³-hybridized carbons (Fsp3) is 0.667. The molecular weight excluding hydrogens is 416 g/mol. The number of hydrogen-bond acceptors (Lipinski definition) is 8. The minimum atomic E-state index is -1.63. The molecule has 0 bridgehead atoms. The Hall–Kier alpha value is -2.00. The maximum absolute atomic E-state index is 13.8. The molecule has 1 saturated carbocycles. The van der Waals surface area contributed by atoms with Gasteiger partial charge in [-0.2, -0.15) is 0 Å². The molecule has 4 rings (SSSR count). The molecule has 0 unspecified atom stereocenters. The van der Waals surface area contributed by atoms with Gasteiger partial charge in [0, 0.05) is 52.7 Å². The first kappa shape index (κ1) is 23.2. The van der Waals surface area contributed by atoms with Gasteiger partial charge in [0.15, 0.2) is 17.0 Å². The molecule has 0 N–H and O–H groups in total. The van der Waals surface area contributed by atoms with E-state index >= 15 is 0 Å². The molecule has 8 nitrogen and oxygen atoms in total. The van der Waals surface area contributed by atoms with Gasteiger partial charge in [-0.3, -0.25) is 9.59 Å². The normalized spacial score (nSPS) is 32.4. The van der Waals surface area contributed by atoms with Crippen LogP contribution in [0.1, 0.15) is 52.0 Å². The summed E-state index contributed by atoms with van der Waals surface area (Å²) in [7, 11) is 3.13. The zero-order valence-electron chi connectivity index (χ0n) is 19.5. The lowest BCUT2D eigenvalue weighted by Gasteiger charge is -2.55. The number of methoxy groups -OCH3 is 2. The molecule has 3 aliphatic rings. The van der Waals surface area contributed by atoms with Gasteiger partial charge in [-0.15, -0.1) is 0 Å². The fourth-order valence-electron chi connectivity index (χ4n) is 5.44. The Morgan fingerprint density at radius 1 is 0.875 bits per heavy atom. The molecule has 176 valence electrons. The third-order valence-electron chi connectivity index (χ3n) is 6.96. The summed E-state index contributed by atoms with van der Waals surface area (Å²) >= 11 is 0. The van der Waals surface area contributed by atoms with Crippen LogP contribution >= 0.6 is 0 Å². The summed E-state index contributed by atoms with van der Waals surface area (Å²) in [4.78, 5) is 27.6. The van der Waals surface area contributed by atoms with E-state index in [1.165, 1.54) is 0 Å². The Labute approximate surface area is 188 Å². The van der Waals surface area contributed by atoms with Crippen molar-refractivity contribution in [2.45, 2.75) is 69.9 Å². The number of benzene rings is 1. The predicted molar refractivity (Wildman–Crippen MR) is 112 cm³/mol. The van der Waals surface area contributed by atoms with Crippen LogP contribution in [0.25, 0.3) is 0 Å². The first-order valence-electron chi connectivity index (χ1n) is 10.9. The highest BCUT2D eigenvalue weighted by atomic mass is 16.8. The summed E-state index contributed by atoms with van der Waals surface area (Å²) in [5.41, 5.74) is -0.839. The Morgan fingerprint density at radius 3 is 1.97 bits per heavy atom. The maximum atomic E-state index is 13.8. The number of cyclic esters (lactones) is 2. The molecule has 0 radical (unpaired) electrons. The summed E-state index contributed by atoms with van der Waals surface area (Å²) in [5, 5.41) is 0. The van der Waals surface area contributed by atoms with Gasteiger partial charge < -0.3 is 28.4 Å². The second-order valence-electron chi connectivity index (χ2n) is 9.71. The second-order valence-corrected chi connectivity index (χ2v) is 9.71. The van der Waals surface area contributed by atoms with Crippen molar-refractivity contribution in [3.8, 4) is 0 Å². The van der Waals surface area contributed by atoms with Gasteiger partial charge in [-0.25, -0.2) is 0 Å². The van der Waals surface area contributed by atoms with Gasteiger partial charge in [0.2, 0.25) is 0 Å². The number of hydrogen-bond donors (Lipinski definition) is 0. The van der Waals surface area contributed by atoms with Crippen molar-refractivity contribution in [1.29, 1.82) is 0 Å². The van der Waals surface area contributed by atoms with E-state index in [9.17, 15) is 9.59 Å². The highest BCUT2D eigenvalue weighted by Gasteiger charge is 2.71. The molecule has 3 atom stereocenters. The Kier molecular flexibility index (Phi) is 5.65. The van der Waals surface area contributed by atoms with E-state index in [0.717, 1.165) is 5.56 Å². The summed E-state index contributed by atoms with van der Waals surface area (Å²) < 4.78 is 35.1. The molecule has 1 spiro atoms. The van der Waals surface area contributed by atoms with Crippen molar-refractivity contribution in [2.75, 3.05) is 20.8 Å². The third kappa shape index (κ3) is 3.63. The minimum absolute atomic E-state index is 0.217. The number of ether oxygens (including phenoxy) is 6. The van der Waals surface area contributed by atoms with Crippen LogP contribution in [0.15, 0.2) is 30.3 Å². The largest absolute Gasteiger partial charge is 0.422 e. The minimum Gasteiger partial charge on any atom is -0.422 e. The summed E-state index contributed by atoms with van der Waals surface area (Å²) in [6.07, 6.45) is -0.0670. The van der Waals surface area contributed by atoms with Crippen molar-refractivity contribution in [3.05, 3.63) is 35.9 Å². The molecule has 1 aliphatic carbocycles. The van der Waals surface area contributed by atoms with Crippen LogP contribution in [0.4, 0.5) is 0 Å². The monoisotopic (exact) mass is 448 g/mol. The molecule has 2 aliphatic heterocycles. The van der Waals surface area contributed by atoms with Crippen molar-refractivity contribution >= 4 is 11.9 Å². The van der Waals surface area contributed by atoms with Gasteiger partial charge in [0.1, 0.15) is 0 Å². The standard InChI is InChI=1S/C24H32O8/c1-21(2)29-14-18(30-21)17-13-23(27-5,28-6)12-16(15-10-8-7-9-11-15)24(17)19(25)31-22(3,4)32-20(24)26/h7-11,16-18H,12-14H2,1-6H3/t16-,17-,18-/m0/s1. The van der Waals surface area contributed by atoms with Crippen molar-refractivity contribution in [3.63, 3.8) is 0 Å². The van der Waals surface area contributed by atoms with Crippen molar-refractivity contribution in [1.82, 2.24) is 0 Å². The summed E-state index contributed by atoms with van der Waals surface area (Å²) in [5.74, 6) is -5.76. The van der Waals surface area contributed by atoms with Gasteiger partial charge in [0.25, 0.3) is 5.79 Å². The van der Waals surface area contributed by atoms with Gasteiger partial charge >= 0.3 is 11.9 Å². The molecule has 0 amide bonds. The van der Waals surface area contributed by atoms with E-state index < -0.39 is 52.7 Å². The molecule has 3 fully saturated rings. The van der Waals surface area contributed by atoms with E-state index in [0.29, 0.717) is 0 Å². The summed E-state index contributed by atoms with van der Waals surface area (Å²) in [6, 6.07) is 9.40. The van der Waals surface area contributed by atoms with E-state index in [1.807, 2.05) is 30.3 Å². The maximum Gasteiger partial charge on any atom is 0.327 e. The average molecular weight is 449 g/mol. The van der Waals surface area contributed by atoms with Crippen LogP contribution in [0, 0.1) is 11.3 Å². The fourth-order valence-corrected chi connectivity index (χ4v) is 5.44. The van der Waals surface area contributed by atoms with Crippen LogP contribution < -0.4 is 0 Å². The number of carbonyl (C=O) groups excluding carboxylic acids is 2. The lowest BCUT2D eigenvalue weighted by Crippen LogP contribution is -2.66. The van der Waals surface area contributed by atoms with Crippen molar-refractivity contribution in [2.24, 2.45) is 11.3 Å². The smallest absolute Gasteiger partial charge is 0.327 e. The summed E-state index contributed by atoms with van der Waals surface area (Å²) in [6.45, 7) is 6.93. The Bertz CT molecular complexity index is 853. The zero-order chi connectivity index (χ0) is 23.4. The predicted octanol–water partition coefficient (Wildman–Crippen LogP) is 3.14. The Balaban J connectivity index is 1.91. The third-order valence-corrected chi connectivity index (χ3v) is 6.96. The molecule has 2 saturated heterocycles. The van der Waals surface area contributed by atoms with E-state index in [1.54, 1.807) is 41.9 Å². The Morgan fingerprint density at radius 2 is 1.47 bits per heavy atom. The quantitative estimate of drug-likeness (QED) is 0.394. The lowest BCUT2D eigenvalue weighted by molar-refractivity contribution is -0.291. The molecule has 1 aromatic rings. The van der Waals surface area contributed by atoms with E-state index in [-0.39, 0.29) is 19.4 Å². The van der Waals surface area contributed by atoms with E-state index in [2.05, 4.69) is 0 Å². The topological polar surface area (TPSA) is 89.5 Å². The van der Waals surface area contributed by atoms with Crippen LogP contribution in [-0.2, 0) is 38.0 Å².